The number of nitrogens with one attached hydrogen (secondary N) is 1. The van der Waals surface area contributed by atoms with Gasteiger partial charge in [-0.05, 0) is 43.0 Å². The zero-order valence-electron chi connectivity index (χ0n) is 14.7. The van der Waals surface area contributed by atoms with Crippen LogP contribution in [0.4, 0.5) is 0 Å². The van der Waals surface area contributed by atoms with Gasteiger partial charge in [0.15, 0.2) is 5.69 Å². The normalized spacial score (nSPS) is 10.9. The van der Waals surface area contributed by atoms with Crippen molar-refractivity contribution < 1.29 is 4.79 Å². The molecule has 1 heterocycles. The number of hydrogen-bond donors (Lipinski definition) is 1. The Bertz CT molecular complexity index is 839. The first-order chi connectivity index (χ1) is 12.1. The SMILES string of the molecule is CCn1cc(C(=O)NC(c2ccccc2C)c2ccccc2C)nn1. The fraction of sp³-hybridized carbons (Fsp3) is 0.250. The summed E-state index contributed by atoms with van der Waals surface area (Å²) in [6.45, 7) is 6.75. The molecule has 2 aromatic carbocycles. The molecule has 1 amide bonds. The Morgan fingerprint density at radius 1 is 1.04 bits per heavy atom. The van der Waals surface area contributed by atoms with E-state index in [0.717, 1.165) is 22.3 Å². The fourth-order valence-corrected chi connectivity index (χ4v) is 2.91. The van der Waals surface area contributed by atoms with E-state index in [1.54, 1.807) is 10.9 Å². The molecular formula is C20H22N4O. The van der Waals surface area contributed by atoms with Gasteiger partial charge in [0.05, 0.1) is 12.2 Å². The van der Waals surface area contributed by atoms with Crippen molar-refractivity contribution in [3.8, 4) is 0 Å². The molecule has 3 aromatic rings. The van der Waals surface area contributed by atoms with Gasteiger partial charge in [0.2, 0.25) is 0 Å². The molecule has 0 atom stereocenters. The summed E-state index contributed by atoms with van der Waals surface area (Å²) in [5.41, 5.74) is 4.75. The smallest absolute Gasteiger partial charge is 0.274 e. The summed E-state index contributed by atoms with van der Waals surface area (Å²) in [6, 6.07) is 16.0. The molecule has 0 saturated heterocycles. The maximum atomic E-state index is 12.7. The highest BCUT2D eigenvalue weighted by Crippen LogP contribution is 2.27. The predicted octanol–water partition coefficient (Wildman–Crippen LogP) is 3.43. The zero-order chi connectivity index (χ0) is 17.8. The van der Waals surface area contributed by atoms with Crippen LogP contribution >= 0.6 is 0 Å². The molecule has 25 heavy (non-hydrogen) atoms. The Morgan fingerprint density at radius 2 is 1.60 bits per heavy atom. The Hall–Kier alpha value is -2.95. The summed E-state index contributed by atoms with van der Waals surface area (Å²) in [4.78, 5) is 12.7. The lowest BCUT2D eigenvalue weighted by molar-refractivity contribution is 0.0937. The van der Waals surface area contributed by atoms with Gasteiger partial charge in [-0.15, -0.1) is 5.10 Å². The molecule has 128 valence electrons. The van der Waals surface area contributed by atoms with Crippen LogP contribution in [-0.2, 0) is 6.54 Å². The average Bonchev–Trinajstić information content (AvgIpc) is 3.10. The Kier molecular flexibility index (Phi) is 4.93. The molecule has 5 heteroatoms. The van der Waals surface area contributed by atoms with Gasteiger partial charge in [-0.3, -0.25) is 9.48 Å². The molecule has 0 aliphatic carbocycles. The summed E-state index contributed by atoms with van der Waals surface area (Å²) in [5.74, 6) is -0.226. The van der Waals surface area contributed by atoms with E-state index in [4.69, 9.17) is 0 Å². The van der Waals surface area contributed by atoms with Gasteiger partial charge in [-0.25, -0.2) is 0 Å². The topological polar surface area (TPSA) is 59.8 Å². The van der Waals surface area contributed by atoms with Gasteiger partial charge >= 0.3 is 0 Å². The zero-order valence-corrected chi connectivity index (χ0v) is 14.7. The van der Waals surface area contributed by atoms with Crippen LogP contribution in [0.2, 0.25) is 0 Å². The van der Waals surface area contributed by atoms with Gasteiger partial charge in [-0.1, -0.05) is 53.7 Å². The van der Waals surface area contributed by atoms with Crippen molar-refractivity contribution in [2.24, 2.45) is 0 Å². The standard InChI is InChI=1S/C20H22N4O/c1-4-24-13-18(22-23-24)20(25)21-19(16-11-7-5-9-14(16)2)17-12-8-6-10-15(17)3/h5-13,19H,4H2,1-3H3,(H,21,25). The van der Waals surface area contributed by atoms with Gasteiger partial charge < -0.3 is 5.32 Å². The van der Waals surface area contributed by atoms with E-state index in [2.05, 4.69) is 53.7 Å². The molecule has 0 aliphatic heterocycles. The van der Waals surface area contributed by atoms with Crippen molar-refractivity contribution in [1.29, 1.82) is 0 Å². The quantitative estimate of drug-likeness (QED) is 0.777. The monoisotopic (exact) mass is 334 g/mol. The lowest BCUT2D eigenvalue weighted by Crippen LogP contribution is -2.30. The van der Waals surface area contributed by atoms with Crippen LogP contribution in [0, 0.1) is 13.8 Å². The van der Waals surface area contributed by atoms with Crippen LogP contribution in [0.15, 0.2) is 54.7 Å². The third-order valence-electron chi connectivity index (χ3n) is 4.37. The minimum absolute atomic E-state index is 0.226. The molecule has 3 rings (SSSR count). The Balaban J connectivity index is 1.98. The van der Waals surface area contributed by atoms with E-state index < -0.39 is 0 Å². The van der Waals surface area contributed by atoms with E-state index in [1.807, 2.05) is 31.2 Å². The van der Waals surface area contributed by atoms with Crippen LogP contribution in [0.3, 0.4) is 0 Å². The molecule has 0 bridgehead atoms. The van der Waals surface area contributed by atoms with Crippen LogP contribution in [-0.4, -0.2) is 20.9 Å². The third-order valence-corrected chi connectivity index (χ3v) is 4.37. The van der Waals surface area contributed by atoms with Crippen LogP contribution < -0.4 is 5.32 Å². The van der Waals surface area contributed by atoms with E-state index in [1.165, 1.54) is 0 Å². The van der Waals surface area contributed by atoms with Crippen LogP contribution in [0.25, 0.3) is 0 Å². The molecule has 0 aliphatic rings. The molecule has 5 nitrogen and oxygen atoms in total. The Labute approximate surface area is 147 Å². The number of rotatable bonds is 5. The van der Waals surface area contributed by atoms with Gasteiger partial charge in [-0.2, -0.15) is 0 Å². The van der Waals surface area contributed by atoms with Crippen LogP contribution in [0.5, 0.6) is 0 Å². The number of carbonyl (C=O) groups is 1. The number of carbonyl (C=O) groups excluding carboxylic acids is 1. The van der Waals surface area contributed by atoms with E-state index in [-0.39, 0.29) is 11.9 Å². The molecule has 0 unspecified atom stereocenters. The largest absolute Gasteiger partial charge is 0.340 e. The summed E-state index contributed by atoms with van der Waals surface area (Å²) >= 11 is 0. The number of amides is 1. The summed E-state index contributed by atoms with van der Waals surface area (Å²) < 4.78 is 1.64. The number of aryl methyl sites for hydroxylation is 3. The first-order valence-corrected chi connectivity index (χ1v) is 8.42. The molecule has 1 aromatic heterocycles. The van der Waals surface area contributed by atoms with E-state index in [9.17, 15) is 4.79 Å². The minimum Gasteiger partial charge on any atom is -0.340 e. The highest BCUT2D eigenvalue weighted by molar-refractivity contribution is 5.92. The van der Waals surface area contributed by atoms with Gasteiger partial charge in [0.25, 0.3) is 5.91 Å². The van der Waals surface area contributed by atoms with Crippen molar-refractivity contribution in [3.05, 3.63) is 82.7 Å². The first-order valence-electron chi connectivity index (χ1n) is 8.42. The molecule has 1 N–H and O–H groups in total. The van der Waals surface area contributed by atoms with E-state index in [0.29, 0.717) is 12.2 Å². The second kappa shape index (κ2) is 7.30. The summed E-state index contributed by atoms with van der Waals surface area (Å²) in [7, 11) is 0. The van der Waals surface area contributed by atoms with E-state index >= 15 is 0 Å². The molecule has 0 radical (unpaired) electrons. The second-order valence-corrected chi connectivity index (χ2v) is 6.08. The minimum atomic E-state index is -0.235. The van der Waals surface area contributed by atoms with Crippen molar-refractivity contribution in [3.63, 3.8) is 0 Å². The van der Waals surface area contributed by atoms with Crippen molar-refractivity contribution >= 4 is 5.91 Å². The average molecular weight is 334 g/mol. The molecule has 0 fully saturated rings. The van der Waals surface area contributed by atoms with Crippen molar-refractivity contribution in [1.82, 2.24) is 20.3 Å². The number of aromatic nitrogens is 3. The van der Waals surface area contributed by atoms with Gasteiger partial charge in [0.1, 0.15) is 0 Å². The third kappa shape index (κ3) is 3.60. The highest BCUT2D eigenvalue weighted by atomic mass is 16.2. The summed E-state index contributed by atoms with van der Waals surface area (Å²) in [5, 5.41) is 11.1. The maximum absolute atomic E-state index is 12.7. The first kappa shape index (κ1) is 16.9. The van der Waals surface area contributed by atoms with Crippen molar-refractivity contribution in [2.75, 3.05) is 0 Å². The lowest BCUT2D eigenvalue weighted by atomic mass is 9.92. The fourth-order valence-electron chi connectivity index (χ4n) is 2.91. The molecular weight excluding hydrogens is 312 g/mol. The molecule has 0 spiro atoms. The number of nitrogens with zero attached hydrogens (tertiary/aromatic N) is 3. The molecule has 0 saturated carbocycles. The number of hydrogen-bond acceptors (Lipinski definition) is 3. The highest BCUT2D eigenvalue weighted by Gasteiger charge is 2.22. The lowest BCUT2D eigenvalue weighted by Gasteiger charge is -2.22. The summed E-state index contributed by atoms with van der Waals surface area (Å²) in [6.07, 6.45) is 1.67. The number of benzene rings is 2. The Morgan fingerprint density at radius 3 is 2.08 bits per heavy atom. The maximum Gasteiger partial charge on any atom is 0.274 e. The van der Waals surface area contributed by atoms with Gasteiger partial charge in [0, 0.05) is 6.54 Å². The predicted molar refractivity (Wildman–Crippen MR) is 97.4 cm³/mol. The van der Waals surface area contributed by atoms with Crippen LogP contribution in [0.1, 0.15) is 45.7 Å². The van der Waals surface area contributed by atoms with Crippen molar-refractivity contribution in [2.45, 2.75) is 33.4 Å². The second-order valence-electron chi connectivity index (χ2n) is 6.08.